The summed E-state index contributed by atoms with van der Waals surface area (Å²) in [5, 5.41) is 11.8. The molecular weight excluding hydrogens is 350 g/mol. The fourth-order valence-corrected chi connectivity index (χ4v) is 3.28. The number of ether oxygens (including phenoxy) is 1. The highest BCUT2D eigenvalue weighted by Crippen LogP contribution is 2.25. The Kier molecular flexibility index (Phi) is 5.02. The van der Waals surface area contributed by atoms with Crippen LogP contribution in [0, 0.1) is 0 Å². The van der Waals surface area contributed by atoms with E-state index in [9.17, 15) is 9.90 Å². The van der Waals surface area contributed by atoms with Gasteiger partial charge in [-0.1, -0.05) is 48.5 Å². The molecule has 138 valence electrons. The Morgan fingerprint density at radius 3 is 2.50 bits per heavy atom. The van der Waals surface area contributed by atoms with Crippen molar-refractivity contribution in [3.05, 3.63) is 107 Å². The van der Waals surface area contributed by atoms with E-state index in [1.165, 1.54) is 0 Å². The van der Waals surface area contributed by atoms with Crippen LogP contribution in [0.25, 0.3) is 10.8 Å². The van der Waals surface area contributed by atoms with Gasteiger partial charge < -0.3 is 9.84 Å². The summed E-state index contributed by atoms with van der Waals surface area (Å²) in [7, 11) is 0. The molecule has 3 aromatic carbocycles. The predicted molar refractivity (Wildman–Crippen MR) is 109 cm³/mol. The molecule has 1 N–H and O–H groups in total. The third-order valence-electron chi connectivity index (χ3n) is 4.70. The number of carbonyl (C=O) groups is 1. The lowest BCUT2D eigenvalue weighted by Crippen LogP contribution is -2.05. The number of rotatable bonds is 6. The zero-order chi connectivity index (χ0) is 19.3. The van der Waals surface area contributed by atoms with Crippen LogP contribution in [0.15, 0.2) is 85.2 Å². The van der Waals surface area contributed by atoms with Crippen molar-refractivity contribution in [2.24, 2.45) is 0 Å². The number of fused-ring (bicyclic) bond motifs is 1. The maximum atomic E-state index is 11.6. The summed E-state index contributed by atoms with van der Waals surface area (Å²) in [5.41, 5.74) is 3.29. The summed E-state index contributed by atoms with van der Waals surface area (Å²) in [6, 6.07) is 23.3. The van der Waals surface area contributed by atoms with E-state index >= 15 is 0 Å². The number of hydrogen-bond donors (Lipinski definition) is 1. The predicted octanol–water partition coefficient (Wildman–Crippen LogP) is 5.10. The third kappa shape index (κ3) is 3.86. The van der Waals surface area contributed by atoms with Crippen LogP contribution in [0.4, 0.5) is 0 Å². The zero-order valence-corrected chi connectivity index (χ0v) is 15.2. The van der Waals surface area contributed by atoms with Gasteiger partial charge in [-0.3, -0.25) is 4.98 Å². The lowest BCUT2D eigenvalue weighted by molar-refractivity contribution is 0.0692. The summed E-state index contributed by atoms with van der Waals surface area (Å²) in [6.45, 7) is 0.306. The summed E-state index contributed by atoms with van der Waals surface area (Å²) in [6.07, 6.45) is 4.19. The molecule has 1 heterocycles. The second-order valence-electron chi connectivity index (χ2n) is 6.59. The molecule has 0 radical (unpaired) electrons. The van der Waals surface area contributed by atoms with Crippen molar-refractivity contribution in [3.8, 4) is 5.75 Å². The van der Waals surface area contributed by atoms with Gasteiger partial charge in [-0.15, -0.1) is 0 Å². The van der Waals surface area contributed by atoms with Gasteiger partial charge in [-0.05, 0) is 58.1 Å². The highest BCUT2D eigenvalue weighted by molar-refractivity contribution is 5.91. The molecule has 4 heteroatoms. The molecule has 0 aliphatic carbocycles. The first-order valence-corrected chi connectivity index (χ1v) is 9.05. The maximum absolute atomic E-state index is 11.6. The van der Waals surface area contributed by atoms with E-state index in [1.54, 1.807) is 18.5 Å². The Morgan fingerprint density at radius 2 is 1.68 bits per heavy atom. The molecule has 0 atom stereocenters. The maximum Gasteiger partial charge on any atom is 0.339 e. The first-order chi connectivity index (χ1) is 13.7. The molecule has 4 aromatic rings. The number of aromatic nitrogens is 1. The van der Waals surface area contributed by atoms with Gasteiger partial charge in [0.25, 0.3) is 0 Å². The minimum atomic E-state index is -0.997. The Hall–Kier alpha value is -3.66. The van der Waals surface area contributed by atoms with E-state index in [0.717, 1.165) is 27.5 Å². The quantitative estimate of drug-likeness (QED) is 0.513. The average Bonchev–Trinajstić information content (AvgIpc) is 2.73. The second kappa shape index (κ2) is 7.92. The minimum Gasteiger partial charge on any atom is -0.488 e. The third-order valence-corrected chi connectivity index (χ3v) is 4.70. The van der Waals surface area contributed by atoms with Gasteiger partial charge in [0.05, 0.1) is 0 Å². The molecule has 0 fully saturated rings. The van der Waals surface area contributed by atoms with Gasteiger partial charge in [-0.2, -0.15) is 0 Å². The second-order valence-corrected chi connectivity index (χ2v) is 6.59. The first-order valence-electron chi connectivity index (χ1n) is 9.05. The average molecular weight is 369 g/mol. The molecule has 0 aliphatic rings. The summed E-state index contributed by atoms with van der Waals surface area (Å²) in [5.74, 6) is -0.615. The van der Waals surface area contributed by atoms with Crippen molar-refractivity contribution in [2.45, 2.75) is 13.0 Å². The van der Waals surface area contributed by atoms with Crippen LogP contribution in [0.1, 0.15) is 27.0 Å². The summed E-state index contributed by atoms with van der Waals surface area (Å²) in [4.78, 5) is 15.7. The van der Waals surface area contributed by atoms with Gasteiger partial charge in [-0.25, -0.2) is 4.79 Å². The van der Waals surface area contributed by atoms with Crippen LogP contribution in [-0.2, 0) is 13.0 Å². The van der Waals surface area contributed by atoms with E-state index in [4.69, 9.17) is 4.74 Å². The topological polar surface area (TPSA) is 59.4 Å². The normalized spacial score (nSPS) is 10.7. The van der Waals surface area contributed by atoms with Gasteiger partial charge >= 0.3 is 5.97 Å². The minimum absolute atomic E-state index is 0.165. The van der Waals surface area contributed by atoms with Gasteiger partial charge in [0.2, 0.25) is 0 Å². The molecule has 0 unspecified atom stereocenters. The lowest BCUT2D eigenvalue weighted by atomic mass is 10.0. The summed E-state index contributed by atoms with van der Waals surface area (Å²) < 4.78 is 5.98. The Labute approximate surface area is 163 Å². The SMILES string of the molecule is O=C(O)c1ccc(Cc2ccncc2)cc1OCc1cccc2ccccc12. The number of pyridine rings is 1. The number of carboxylic acids is 1. The van der Waals surface area contributed by atoms with Crippen molar-refractivity contribution in [3.63, 3.8) is 0 Å². The van der Waals surface area contributed by atoms with Crippen molar-refractivity contribution in [2.75, 3.05) is 0 Å². The van der Waals surface area contributed by atoms with Crippen LogP contribution >= 0.6 is 0 Å². The molecule has 1 aromatic heterocycles. The molecular formula is C24H19NO3. The molecule has 0 saturated heterocycles. The molecule has 0 spiro atoms. The van der Waals surface area contributed by atoms with E-state index < -0.39 is 5.97 Å². The van der Waals surface area contributed by atoms with Crippen LogP contribution in [-0.4, -0.2) is 16.1 Å². The number of benzene rings is 3. The molecule has 0 aliphatic heterocycles. The van der Waals surface area contributed by atoms with E-state index in [2.05, 4.69) is 17.1 Å². The lowest BCUT2D eigenvalue weighted by Gasteiger charge is -2.13. The highest BCUT2D eigenvalue weighted by atomic mass is 16.5. The van der Waals surface area contributed by atoms with E-state index in [0.29, 0.717) is 18.8 Å². The molecule has 0 bridgehead atoms. The van der Waals surface area contributed by atoms with E-state index in [1.807, 2.05) is 54.6 Å². The summed E-state index contributed by atoms with van der Waals surface area (Å²) >= 11 is 0. The molecule has 4 rings (SSSR count). The van der Waals surface area contributed by atoms with Crippen LogP contribution < -0.4 is 4.74 Å². The Morgan fingerprint density at radius 1 is 0.893 bits per heavy atom. The van der Waals surface area contributed by atoms with Crippen LogP contribution in [0.5, 0.6) is 5.75 Å². The number of carboxylic acid groups (broad SMARTS) is 1. The number of nitrogens with zero attached hydrogens (tertiary/aromatic N) is 1. The van der Waals surface area contributed by atoms with Crippen LogP contribution in [0.3, 0.4) is 0 Å². The monoisotopic (exact) mass is 369 g/mol. The van der Waals surface area contributed by atoms with E-state index in [-0.39, 0.29) is 5.56 Å². The van der Waals surface area contributed by atoms with Crippen molar-refractivity contribution in [1.29, 1.82) is 0 Å². The molecule has 0 saturated carbocycles. The molecule has 0 amide bonds. The number of aromatic carboxylic acids is 1. The highest BCUT2D eigenvalue weighted by Gasteiger charge is 2.13. The largest absolute Gasteiger partial charge is 0.488 e. The van der Waals surface area contributed by atoms with Crippen molar-refractivity contribution >= 4 is 16.7 Å². The fraction of sp³-hybridized carbons (Fsp3) is 0.0833. The van der Waals surface area contributed by atoms with Crippen molar-refractivity contribution in [1.82, 2.24) is 4.98 Å². The first kappa shape index (κ1) is 17.7. The van der Waals surface area contributed by atoms with Gasteiger partial charge in [0.1, 0.15) is 17.9 Å². The van der Waals surface area contributed by atoms with Crippen molar-refractivity contribution < 1.29 is 14.6 Å². The van der Waals surface area contributed by atoms with Gasteiger partial charge in [0.15, 0.2) is 0 Å². The van der Waals surface area contributed by atoms with Crippen LogP contribution in [0.2, 0.25) is 0 Å². The molecule has 4 nitrogen and oxygen atoms in total. The Balaban J connectivity index is 1.61. The smallest absolute Gasteiger partial charge is 0.339 e. The Bertz CT molecular complexity index is 1120. The zero-order valence-electron chi connectivity index (χ0n) is 15.2. The fourth-order valence-electron chi connectivity index (χ4n) is 3.28. The van der Waals surface area contributed by atoms with Gasteiger partial charge in [0, 0.05) is 12.4 Å². The standard InChI is InChI=1S/C24H19NO3/c26-24(27)22-9-8-18(14-17-10-12-25-13-11-17)15-23(22)28-16-20-6-3-5-19-4-1-2-7-21(19)20/h1-13,15H,14,16H2,(H,26,27). The number of hydrogen-bond acceptors (Lipinski definition) is 3. The molecule has 28 heavy (non-hydrogen) atoms.